The molecule has 0 radical (unpaired) electrons. The molecule has 0 unspecified atom stereocenters. The maximum absolute atomic E-state index is 11.3. The van der Waals surface area contributed by atoms with Crippen molar-refractivity contribution >= 4 is 22.7 Å². The number of ether oxygens (including phenoxy) is 1. The number of hydrogen-bond donors (Lipinski definition) is 2. The number of nitro benzene ring substituents is 1. The second-order valence-electron chi connectivity index (χ2n) is 5.66. The topological polar surface area (TPSA) is 76.4 Å². The van der Waals surface area contributed by atoms with Crippen LogP contribution < -0.4 is 10.6 Å². The molecule has 2 aromatic rings. The average Bonchev–Trinajstić information content (AvgIpc) is 2.48. The highest BCUT2D eigenvalue weighted by molar-refractivity contribution is 5.71. The summed E-state index contributed by atoms with van der Waals surface area (Å²) in [5.41, 5.74) is 1.89. The van der Waals surface area contributed by atoms with Crippen molar-refractivity contribution in [2.45, 2.75) is 12.5 Å². The first kappa shape index (κ1) is 14.3. The summed E-state index contributed by atoms with van der Waals surface area (Å²) in [5.74, 6) is 0. The fourth-order valence-electron chi connectivity index (χ4n) is 2.36. The standard InChI is InChI=1S/C16H17N3O3/c1-16(10-22-11-16)18-14-8-7-13(9-15(14)19(20)21)17-12-5-3-2-4-6-12/h2-9,17-18H,10-11H2,1H3. The van der Waals surface area contributed by atoms with Crippen molar-refractivity contribution in [3.8, 4) is 0 Å². The molecule has 1 fully saturated rings. The predicted octanol–water partition coefficient (Wildman–Crippen LogP) is 3.54. The molecule has 6 heteroatoms. The van der Waals surface area contributed by atoms with E-state index in [2.05, 4.69) is 10.6 Å². The lowest BCUT2D eigenvalue weighted by Gasteiger charge is -2.39. The number of hydrogen-bond acceptors (Lipinski definition) is 5. The van der Waals surface area contributed by atoms with Gasteiger partial charge < -0.3 is 15.4 Å². The van der Waals surface area contributed by atoms with Crippen molar-refractivity contribution in [2.24, 2.45) is 0 Å². The van der Waals surface area contributed by atoms with Gasteiger partial charge in [-0.05, 0) is 31.2 Å². The van der Waals surface area contributed by atoms with Crippen LogP contribution in [0.3, 0.4) is 0 Å². The van der Waals surface area contributed by atoms with Gasteiger partial charge in [0, 0.05) is 17.4 Å². The Morgan fingerprint density at radius 3 is 2.45 bits per heavy atom. The molecule has 0 aliphatic carbocycles. The molecule has 0 aromatic heterocycles. The molecule has 2 aromatic carbocycles. The van der Waals surface area contributed by atoms with Gasteiger partial charge in [-0.25, -0.2) is 0 Å². The molecule has 3 rings (SSSR count). The summed E-state index contributed by atoms with van der Waals surface area (Å²) in [4.78, 5) is 11.0. The minimum absolute atomic E-state index is 0.0501. The fraction of sp³-hybridized carbons (Fsp3) is 0.250. The molecule has 6 nitrogen and oxygen atoms in total. The Morgan fingerprint density at radius 1 is 1.14 bits per heavy atom. The lowest BCUT2D eigenvalue weighted by Crippen LogP contribution is -2.53. The number of anilines is 3. The lowest BCUT2D eigenvalue weighted by molar-refractivity contribution is -0.384. The summed E-state index contributed by atoms with van der Waals surface area (Å²) in [6.45, 7) is 3.08. The van der Waals surface area contributed by atoms with E-state index >= 15 is 0 Å². The van der Waals surface area contributed by atoms with E-state index in [-0.39, 0.29) is 16.1 Å². The van der Waals surface area contributed by atoms with E-state index in [1.54, 1.807) is 6.07 Å². The molecule has 0 amide bonds. The molecular weight excluding hydrogens is 282 g/mol. The number of nitrogens with one attached hydrogen (secondary N) is 2. The van der Waals surface area contributed by atoms with Gasteiger partial charge >= 0.3 is 0 Å². The zero-order chi connectivity index (χ0) is 15.6. The molecule has 22 heavy (non-hydrogen) atoms. The van der Waals surface area contributed by atoms with Crippen molar-refractivity contribution in [2.75, 3.05) is 23.8 Å². The first-order chi connectivity index (χ1) is 10.6. The molecular formula is C16H17N3O3. The Kier molecular flexibility index (Phi) is 3.68. The van der Waals surface area contributed by atoms with E-state index in [0.29, 0.717) is 24.6 Å². The van der Waals surface area contributed by atoms with Crippen LogP contribution in [-0.2, 0) is 4.74 Å². The van der Waals surface area contributed by atoms with Crippen LogP contribution in [0.5, 0.6) is 0 Å². The van der Waals surface area contributed by atoms with Crippen LogP contribution in [0.1, 0.15) is 6.92 Å². The number of para-hydroxylation sites is 1. The smallest absolute Gasteiger partial charge is 0.294 e. The summed E-state index contributed by atoms with van der Waals surface area (Å²) in [6.07, 6.45) is 0. The molecule has 114 valence electrons. The maximum Gasteiger partial charge on any atom is 0.294 e. The zero-order valence-corrected chi connectivity index (χ0v) is 12.2. The van der Waals surface area contributed by atoms with Crippen LogP contribution in [-0.4, -0.2) is 23.7 Å². The van der Waals surface area contributed by atoms with E-state index in [4.69, 9.17) is 4.74 Å². The van der Waals surface area contributed by atoms with E-state index in [1.807, 2.05) is 43.3 Å². The molecule has 0 saturated carbocycles. The SMILES string of the molecule is CC1(Nc2ccc(Nc3ccccc3)cc2[N+](=O)[O-])COC1. The molecule has 1 aliphatic heterocycles. The molecule has 1 saturated heterocycles. The highest BCUT2D eigenvalue weighted by Gasteiger charge is 2.34. The van der Waals surface area contributed by atoms with Gasteiger partial charge in [0.05, 0.1) is 23.7 Å². The zero-order valence-electron chi connectivity index (χ0n) is 12.2. The first-order valence-electron chi connectivity index (χ1n) is 7.02. The third-order valence-electron chi connectivity index (χ3n) is 3.53. The van der Waals surface area contributed by atoms with E-state index in [9.17, 15) is 10.1 Å². The van der Waals surface area contributed by atoms with Gasteiger partial charge in [-0.2, -0.15) is 0 Å². The Morgan fingerprint density at radius 2 is 1.86 bits per heavy atom. The summed E-state index contributed by atoms with van der Waals surface area (Å²) in [7, 11) is 0. The summed E-state index contributed by atoms with van der Waals surface area (Å²) in [6, 6.07) is 14.6. The molecule has 1 heterocycles. The highest BCUT2D eigenvalue weighted by atomic mass is 16.6. The van der Waals surface area contributed by atoms with Crippen LogP contribution in [0.25, 0.3) is 0 Å². The Hall–Kier alpha value is -2.60. The summed E-state index contributed by atoms with van der Waals surface area (Å²) in [5, 5.41) is 17.7. The number of nitro groups is 1. The molecule has 2 N–H and O–H groups in total. The largest absolute Gasteiger partial charge is 0.376 e. The third-order valence-corrected chi connectivity index (χ3v) is 3.53. The minimum Gasteiger partial charge on any atom is -0.376 e. The minimum atomic E-state index is -0.374. The van der Waals surface area contributed by atoms with Crippen LogP contribution in [0.4, 0.5) is 22.7 Å². The highest BCUT2D eigenvalue weighted by Crippen LogP contribution is 2.33. The van der Waals surface area contributed by atoms with Crippen molar-refractivity contribution in [1.29, 1.82) is 0 Å². The first-order valence-corrected chi connectivity index (χ1v) is 7.02. The van der Waals surface area contributed by atoms with Gasteiger partial charge in [0.1, 0.15) is 5.69 Å². The molecule has 0 atom stereocenters. The van der Waals surface area contributed by atoms with E-state index < -0.39 is 0 Å². The summed E-state index contributed by atoms with van der Waals surface area (Å²) >= 11 is 0. The van der Waals surface area contributed by atoms with Gasteiger partial charge in [-0.3, -0.25) is 10.1 Å². The Balaban J connectivity index is 1.85. The number of nitrogens with zero attached hydrogens (tertiary/aromatic N) is 1. The van der Waals surface area contributed by atoms with Gasteiger partial charge in [0.25, 0.3) is 5.69 Å². The third kappa shape index (κ3) is 3.01. The second-order valence-corrected chi connectivity index (χ2v) is 5.66. The average molecular weight is 299 g/mol. The maximum atomic E-state index is 11.3. The van der Waals surface area contributed by atoms with E-state index in [1.165, 1.54) is 6.07 Å². The van der Waals surface area contributed by atoms with Crippen LogP contribution >= 0.6 is 0 Å². The second kappa shape index (κ2) is 5.65. The van der Waals surface area contributed by atoms with Crippen LogP contribution in [0, 0.1) is 10.1 Å². The summed E-state index contributed by atoms with van der Waals surface area (Å²) < 4.78 is 5.17. The predicted molar refractivity (Wildman–Crippen MR) is 85.7 cm³/mol. The number of benzene rings is 2. The monoisotopic (exact) mass is 299 g/mol. The lowest BCUT2D eigenvalue weighted by atomic mass is 10.00. The van der Waals surface area contributed by atoms with Crippen molar-refractivity contribution < 1.29 is 9.66 Å². The van der Waals surface area contributed by atoms with E-state index in [0.717, 1.165) is 5.69 Å². The quantitative estimate of drug-likeness (QED) is 0.652. The fourth-order valence-corrected chi connectivity index (χ4v) is 2.36. The van der Waals surface area contributed by atoms with Crippen molar-refractivity contribution in [3.05, 3.63) is 58.6 Å². The Bertz CT molecular complexity index is 684. The van der Waals surface area contributed by atoms with Crippen LogP contribution in [0.2, 0.25) is 0 Å². The van der Waals surface area contributed by atoms with Crippen molar-refractivity contribution in [1.82, 2.24) is 0 Å². The normalized spacial score (nSPS) is 15.7. The number of rotatable bonds is 5. The van der Waals surface area contributed by atoms with Crippen LogP contribution in [0.15, 0.2) is 48.5 Å². The molecule has 1 aliphatic rings. The molecule has 0 bridgehead atoms. The van der Waals surface area contributed by atoms with Gasteiger partial charge in [0.2, 0.25) is 0 Å². The van der Waals surface area contributed by atoms with Gasteiger partial charge in [-0.1, -0.05) is 18.2 Å². The molecule has 0 spiro atoms. The van der Waals surface area contributed by atoms with Gasteiger partial charge in [0.15, 0.2) is 0 Å². The Labute approximate surface area is 128 Å². The van der Waals surface area contributed by atoms with Gasteiger partial charge in [-0.15, -0.1) is 0 Å². The van der Waals surface area contributed by atoms with Crippen molar-refractivity contribution in [3.63, 3.8) is 0 Å².